The number of nitrogens with one attached hydrogen (secondary N) is 1. The molecule has 2 fully saturated rings. The molecular weight excluding hydrogens is 242 g/mol. The van der Waals surface area contributed by atoms with Gasteiger partial charge in [0.05, 0.1) is 10.9 Å². The third-order valence-electron chi connectivity index (χ3n) is 3.77. The molecule has 6 heteroatoms. The van der Waals surface area contributed by atoms with Crippen LogP contribution in [0.3, 0.4) is 0 Å². The Hall–Kier alpha value is -0.170. The second kappa shape index (κ2) is 5.22. The highest BCUT2D eigenvalue weighted by Gasteiger charge is 2.34. The molecule has 1 saturated carbocycles. The number of rotatable bonds is 4. The van der Waals surface area contributed by atoms with Gasteiger partial charge in [-0.15, -0.1) is 0 Å². The molecule has 0 radical (unpaired) electrons. The van der Waals surface area contributed by atoms with Gasteiger partial charge in [0.15, 0.2) is 0 Å². The molecule has 0 aromatic heterocycles. The Morgan fingerprint density at radius 2 is 1.82 bits per heavy atom. The zero-order valence-corrected chi connectivity index (χ0v) is 10.8. The predicted molar refractivity (Wildman–Crippen MR) is 64.2 cm³/mol. The number of sulfonamides is 1. The summed E-state index contributed by atoms with van der Waals surface area (Å²) in [6.45, 7) is 1.12. The summed E-state index contributed by atoms with van der Waals surface area (Å²) in [6, 6.07) is 0. The summed E-state index contributed by atoms with van der Waals surface area (Å²) >= 11 is 0. The van der Waals surface area contributed by atoms with Crippen LogP contribution in [0.4, 0.5) is 0 Å². The summed E-state index contributed by atoms with van der Waals surface area (Å²) in [6.07, 6.45) is 4.47. The van der Waals surface area contributed by atoms with Gasteiger partial charge in [0.1, 0.15) is 0 Å². The van der Waals surface area contributed by atoms with Crippen molar-refractivity contribution in [3.8, 4) is 0 Å². The highest BCUT2D eigenvalue weighted by atomic mass is 32.2. The highest BCUT2D eigenvalue weighted by Crippen LogP contribution is 2.25. The standard InChI is InChI=1S/C11H21NO4S/c13-11(5-7-16-8-6-11)9-12-17(14,15)10-3-1-2-4-10/h10,12-13H,1-9H2. The van der Waals surface area contributed by atoms with Crippen molar-refractivity contribution in [2.24, 2.45) is 0 Å². The number of hydrogen-bond acceptors (Lipinski definition) is 4. The summed E-state index contributed by atoms with van der Waals surface area (Å²) in [4.78, 5) is 0. The van der Waals surface area contributed by atoms with Crippen LogP contribution in [0, 0.1) is 0 Å². The first-order valence-electron chi connectivity index (χ1n) is 6.30. The molecule has 0 spiro atoms. The van der Waals surface area contributed by atoms with Gasteiger partial charge in [-0.25, -0.2) is 13.1 Å². The SMILES string of the molecule is O=S(=O)(NCC1(O)CCOCC1)C1CCCC1. The fourth-order valence-corrected chi connectivity index (χ4v) is 4.14. The van der Waals surface area contributed by atoms with E-state index in [9.17, 15) is 13.5 Å². The van der Waals surface area contributed by atoms with Crippen LogP contribution >= 0.6 is 0 Å². The number of hydrogen-bond donors (Lipinski definition) is 2. The molecule has 100 valence electrons. The van der Waals surface area contributed by atoms with Gasteiger partial charge in [0.2, 0.25) is 10.0 Å². The number of aliphatic hydroxyl groups is 1. The summed E-state index contributed by atoms with van der Waals surface area (Å²) in [5.74, 6) is 0. The Labute approximate surface area is 103 Å². The lowest BCUT2D eigenvalue weighted by Gasteiger charge is -2.32. The van der Waals surface area contributed by atoms with Crippen molar-refractivity contribution in [2.75, 3.05) is 19.8 Å². The molecular formula is C11H21NO4S. The van der Waals surface area contributed by atoms with Gasteiger partial charge in [0.25, 0.3) is 0 Å². The highest BCUT2D eigenvalue weighted by molar-refractivity contribution is 7.90. The van der Waals surface area contributed by atoms with Crippen LogP contribution in [0.25, 0.3) is 0 Å². The van der Waals surface area contributed by atoms with Crippen molar-refractivity contribution < 1.29 is 18.3 Å². The predicted octanol–water partition coefficient (Wildman–Crippen LogP) is 0.390. The summed E-state index contributed by atoms with van der Waals surface area (Å²) in [7, 11) is -3.25. The van der Waals surface area contributed by atoms with E-state index in [1.807, 2.05) is 0 Å². The minimum Gasteiger partial charge on any atom is -0.388 e. The lowest BCUT2D eigenvalue weighted by molar-refractivity contribution is -0.0589. The van der Waals surface area contributed by atoms with Gasteiger partial charge < -0.3 is 9.84 Å². The van der Waals surface area contributed by atoms with E-state index in [-0.39, 0.29) is 11.8 Å². The van der Waals surface area contributed by atoms with Crippen LogP contribution < -0.4 is 4.72 Å². The van der Waals surface area contributed by atoms with Crippen LogP contribution in [-0.2, 0) is 14.8 Å². The lowest BCUT2D eigenvalue weighted by atomic mass is 9.95. The van der Waals surface area contributed by atoms with Crippen molar-refractivity contribution in [1.29, 1.82) is 0 Å². The molecule has 0 unspecified atom stereocenters. The average Bonchev–Trinajstić information content (AvgIpc) is 2.82. The molecule has 2 rings (SSSR count). The molecule has 0 bridgehead atoms. The van der Waals surface area contributed by atoms with Crippen LogP contribution in [0.15, 0.2) is 0 Å². The van der Waals surface area contributed by atoms with Crippen molar-refractivity contribution in [3.05, 3.63) is 0 Å². The monoisotopic (exact) mass is 263 g/mol. The first kappa shape index (κ1) is 13.3. The Morgan fingerprint density at radius 3 is 2.41 bits per heavy atom. The van der Waals surface area contributed by atoms with Crippen molar-refractivity contribution in [3.63, 3.8) is 0 Å². The van der Waals surface area contributed by atoms with Crippen LogP contribution in [-0.4, -0.2) is 44.1 Å². The second-order valence-electron chi connectivity index (χ2n) is 5.11. The molecule has 0 atom stereocenters. The molecule has 5 nitrogen and oxygen atoms in total. The molecule has 1 heterocycles. The van der Waals surface area contributed by atoms with E-state index in [4.69, 9.17) is 4.74 Å². The fraction of sp³-hybridized carbons (Fsp3) is 1.00. The lowest BCUT2D eigenvalue weighted by Crippen LogP contribution is -2.48. The Balaban J connectivity index is 1.88. The molecule has 1 saturated heterocycles. The minimum absolute atomic E-state index is 0.120. The van der Waals surface area contributed by atoms with Gasteiger partial charge in [-0.05, 0) is 12.8 Å². The van der Waals surface area contributed by atoms with Crippen molar-refractivity contribution >= 4 is 10.0 Å². The van der Waals surface area contributed by atoms with Crippen LogP contribution in [0.5, 0.6) is 0 Å². The quantitative estimate of drug-likeness (QED) is 0.769. The molecule has 1 aliphatic carbocycles. The molecule has 0 amide bonds. The minimum atomic E-state index is -3.25. The topological polar surface area (TPSA) is 75.6 Å². The van der Waals surface area contributed by atoms with E-state index >= 15 is 0 Å². The molecule has 0 aromatic rings. The third-order valence-corrected chi connectivity index (χ3v) is 5.66. The van der Waals surface area contributed by atoms with Gasteiger partial charge in [-0.3, -0.25) is 0 Å². The van der Waals surface area contributed by atoms with Crippen LogP contribution in [0.2, 0.25) is 0 Å². The molecule has 0 aromatic carbocycles. The van der Waals surface area contributed by atoms with E-state index < -0.39 is 15.6 Å². The van der Waals surface area contributed by atoms with Crippen LogP contribution in [0.1, 0.15) is 38.5 Å². The summed E-state index contributed by atoms with van der Waals surface area (Å²) < 4.78 is 31.7. The molecule has 17 heavy (non-hydrogen) atoms. The maximum atomic E-state index is 12.0. The molecule has 1 aliphatic heterocycles. The smallest absolute Gasteiger partial charge is 0.214 e. The van der Waals surface area contributed by atoms with Gasteiger partial charge in [-0.1, -0.05) is 12.8 Å². The normalized spacial score (nSPS) is 26.2. The Bertz CT molecular complexity index is 342. The molecule has 2 N–H and O–H groups in total. The third kappa shape index (κ3) is 3.40. The van der Waals surface area contributed by atoms with E-state index in [0.717, 1.165) is 25.7 Å². The Morgan fingerprint density at radius 1 is 1.24 bits per heavy atom. The van der Waals surface area contributed by atoms with Crippen molar-refractivity contribution in [2.45, 2.75) is 49.4 Å². The Kier molecular flexibility index (Phi) is 4.07. The summed E-state index contributed by atoms with van der Waals surface area (Å²) in [5, 5.41) is 9.91. The molecule has 2 aliphatic rings. The zero-order valence-electron chi connectivity index (χ0n) is 10.0. The number of ether oxygens (including phenoxy) is 1. The maximum absolute atomic E-state index is 12.0. The maximum Gasteiger partial charge on any atom is 0.214 e. The van der Waals surface area contributed by atoms with Crippen molar-refractivity contribution in [1.82, 2.24) is 4.72 Å². The van der Waals surface area contributed by atoms with Gasteiger partial charge >= 0.3 is 0 Å². The van der Waals surface area contributed by atoms with Gasteiger partial charge in [-0.2, -0.15) is 0 Å². The van der Waals surface area contributed by atoms with E-state index in [1.54, 1.807) is 0 Å². The van der Waals surface area contributed by atoms with Gasteiger partial charge in [0, 0.05) is 32.6 Å². The second-order valence-corrected chi connectivity index (χ2v) is 7.15. The van der Waals surface area contributed by atoms with E-state index in [1.165, 1.54) is 0 Å². The van der Waals surface area contributed by atoms with E-state index in [0.29, 0.717) is 26.1 Å². The summed E-state index contributed by atoms with van der Waals surface area (Å²) in [5.41, 5.74) is -0.927. The fourth-order valence-electron chi connectivity index (χ4n) is 2.48. The first-order chi connectivity index (χ1) is 8.02. The van der Waals surface area contributed by atoms with E-state index in [2.05, 4.69) is 4.72 Å². The zero-order chi connectivity index (χ0) is 12.4. The average molecular weight is 263 g/mol. The largest absolute Gasteiger partial charge is 0.388 e. The first-order valence-corrected chi connectivity index (χ1v) is 7.85.